The molecule has 0 radical (unpaired) electrons. The SMILES string of the molecule is CC(C)(C)OC(=O)N1CCCC(N)C1.CC(C)(C)OC(=O)N1CCCC(Nc2cc(Cl)ncn2)C1.CC(C)(C)OC(=O)N1CCCC(Nc2cc(Nc3ccc(Oc4ccccc4)cc3)ncn2)C1.Clc1cc(Cl)ncn1.c1ccc(Oc2ccc(Nc3cc(NC4CCCNC4)ncn3)cc2)cc1. The lowest BCUT2D eigenvalue weighted by atomic mass is 10.1. The highest BCUT2D eigenvalue weighted by Gasteiger charge is 2.30. The summed E-state index contributed by atoms with van der Waals surface area (Å²) >= 11 is 16.7. The van der Waals surface area contributed by atoms with Crippen molar-refractivity contribution in [3.63, 3.8) is 0 Å². The molecule has 4 fully saturated rings. The number of piperidine rings is 4. The van der Waals surface area contributed by atoms with E-state index in [1.54, 1.807) is 27.1 Å². The van der Waals surface area contributed by atoms with Gasteiger partial charge in [-0.15, -0.1) is 0 Å². The Morgan fingerprint density at radius 3 is 1.14 bits per heavy atom. The van der Waals surface area contributed by atoms with Crippen LogP contribution in [-0.2, 0) is 14.2 Å². The fraction of sp³-hybridized carbons (Fsp3) is 0.427. The minimum absolute atomic E-state index is 0.0958. The number of amides is 3. The van der Waals surface area contributed by atoms with Crippen molar-refractivity contribution < 1.29 is 38.1 Å². The maximum Gasteiger partial charge on any atom is 0.410 e. The van der Waals surface area contributed by atoms with Crippen LogP contribution >= 0.6 is 34.8 Å². The van der Waals surface area contributed by atoms with Crippen LogP contribution in [0.5, 0.6) is 23.0 Å². The summed E-state index contributed by atoms with van der Waals surface area (Å²) in [6, 6.07) is 42.6. The van der Waals surface area contributed by atoms with E-state index in [1.807, 2.05) is 184 Å². The average Bonchev–Trinajstić information content (AvgIpc) is 0.856. The van der Waals surface area contributed by atoms with Gasteiger partial charge in [0.15, 0.2) is 0 Å². The molecular weight excluding hydrogens is 1390 g/mol. The summed E-state index contributed by atoms with van der Waals surface area (Å²) in [5.74, 6) is 6.82. The number of anilines is 7. The molecule has 8 N–H and O–H groups in total. The number of likely N-dealkylation sites (tertiary alicyclic amines) is 3. The van der Waals surface area contributed by atoms with Gasteiger partial charge in [0.1, 0.15) is 110 Å². The first-order chi connectivity index (χ1) is 49.7. The number of nitrogens with two attached hydrogens (primary N) is 1. The normalized spacial score (nSPS) is 17.3. The minimum atomic E-state index is -0.503. The molecule has 0 aliphatic carbocycles. The topological polar surface area (TPSA) is 308 Å². The van der Waals surface area contributed by atoms with E-state index in [2.05, 4.69) is 71.8 Å². The molecule has 0 bridgehead atoms. The zero-order valence-electron chi connectivity index (χ0n) is 60.5. The first-order valence-electron chi connectivity index (χ1n) is 34.8. The molecule has 8 heterocycles. The Morgan fingerprint density at radius 2 is 0.769 bits per heavy atom. The molecule has 4 aromatic carbocycles. The number of halogens is 3. The lowest BCUT2D eigenvalue weighted by molar-refractivity contribution is 0.0192. The molecule has 4 aliphatic rings. The van der Waals surface area contributed by atoms with E-state index in [0.717, 1.165) is 117 Å². The second-order valence-electron chi connectivity index (χ2n) is 27.9. The fourth-order valence-corrected chi connectivity index (χ4v) is 11.3. The molecular formula is C75H97Cl3N18O8. The minimum Gasteiger partial charge on any atom is -0.457 e. The molecule has 8 aromatic rings. The van der Waals surface area contributed by atoms with Crippen molar-refractivity contribution in [1.29, 1.82) is 0 Å². The van der Waals surface area contributed by atoms with Crippen molar-refractivity contribution in [1.82, 2.24) is 59.9 Å². The highest BCUT2D eigenvalue weighted by atomic mass is 35.5. The summed E-state index contributed by atoms with van der Waals surface area (Å²) in [7, 11) is 0. The van der Waals surface area contributed by atoms with E-state index in [9.17, 15) is 14.4 Å². The highest BCUT2D eigenvalue weighted by molar-refractivity contribution is 6.33. The number of rotatable bonds is 14. The molecule has 556 valence electrons. The molecule has 4 unspecified atom stereocenters. The van der Waals surface area contributed by atoms with Gasteiger partial charge >= 0.3 is 18.3 Å². The molecule has 29 heteroatoms. The number of para-hydroxylation sites is 2. The highest BCUT2D eigenvalue weighted by Crippen LogP contribution is 2.28. The van der Waals surface area contributed by atoms with Crippen LogP contribution in [-0.4, -0.2) is 166 Å². The fourth-order valence-electron chi connectivity index (χ4n) is 10.8. The van der Waals surface area contributed by atoms with Crippen molar-refractivity contribution in [3.8, 4) is 23.0 Å². The first-order valence-corrected chi connectivity index (χ1v) is 36.0. The van der Waals surface area contributed by atoms with E-state index >= 15 is 0 Å². The van der Waals surface area contributed by atoms with Crippen LogP contribution in [0.1, 0.15) is 114 Å². The Morgan fingerprint density at radius 1 is 0.423 bits per heavy atom. The number of carbonyl (C=O) groups is 3. The summed E-state index contributed by atoms with van der Waals surface area (Å²) < 4.78 is 27.8. The van der Waals surface area contributed by atoms with Gasteiger partial charge in [0, 0.05) is 106 Å². The van der Waals surface area contributed by atoms with Crippen LogP contribution in [0.3, 0.4) is 0 Å². The Balaban J connectivity index is 0.000000175. The van der Waals surface area contributed by atoms with Gasteiger partial charge in [-0.3, -0.25) is 0 Å². The van der Waals surface area contributed by atoms with Crippen LogP contribution in [0.25, 0.3) is 0 Å². The van der Waals surface area contributed by atoms with Crippen LogP contribution in [0.15, 0.2) is 159 Å². The van der Waals surface area contributed by atoms with E-state index in [1.165, 1.54) is 31.5 Å². The summed E-state index contributed by atoms with van der Waals surface area (Å²) in [6.45, 7) is 22.9. The second kappa shape index (κ2) is 39.9. The number of nitrogens with zero attached hydrogens (tertiary/aromatic N) is 11. The molecule has 12 rings (SSSR count). The van der Waals surface area contributed by atoms with Gasteiger partial charge in [-0.1, -0.05) is 71.2 Å². The summed E-state index contributed by atoms with van der Waals surface area (Å²) in [5.41, 5.74) is 6.21. The zero-order chi connectivity index (χ0) is 74.5. The standard InChI is InChI=1S/C26H31N5O3.C21H23N5O.C14H21ClN4O2.C10H20N2O2.C4H2Cl2N2/c1-26(2,3)34-25(32)31-15-7-8-20(17-31)30-24-16-23(27-18-28-24)29-19-11-13-22(14-12-19)33-21-9-5-4-6-10-21;1-2-6-18(7-3-1)27-19-10-8-16(9-11-19)25-20-13-21(24-15-23-20)26-17-5-4-12-22-14-17;1-14(2,3)21-13(20)19-6-4-5-10(8-19)18-12-7-11(15)16-9-17-12;1-10(2,3)14-9(13)12-6-4-5-8(11)7-12;5-3-1-4(6)8-2-7-3/h4-6,9-14,16,18,20H,7-8,15,17H2,1-3H3,(H2,27,28,29,30);1-3,6-11,13,15,17,22H,4-5,12,14H2,(H2,23,24,25,26);7,9-10H,4-6,8H2,1-3H3,(H,16,17,18);8H,4-7,11H2,1-3H3;1-2H. The van der Waals surface area contributed by atoms with Crippen molar-refractivity contribution >= 4 is 93.5 Å². The number of nitrogens with one attached hydrogen (secondary N) is 6. The van der Waals surface area contributed by atoms with Crippen LogP contribution < -0.4 is 47.1 Å². The van der Waals surface area contributed by atoms with E-state index < -0.39 is 16.8 Å². The molecule has 4 saturated heterocycles. The van der Waals surface area contributed by atoms with Crippen LogP contribution in [0.4, 0.5) is 54.8 Å². The molecule has 4 aliphatic heterocycles. The van der Waals surface area contributed by atoms with Gasteiger partial charge in [0.05, 0.1) is 0 Å². The van der Waals surface area contributed by atoms with Gasteiger partial charge in [-0.25, -0.2) is 54.3 Å². The van der Waals surface area contributed by atoms with Gasteiger partial charge < -0.3 is 76.0 Å². The van der Waals surface area contributed by atoms with Crippen LogP contribution in [0, 0.1) is 0 Å². The van der Waals surface area contributed by atoms with Crippen molar-refractivity contribution in [3.05, 3.63) is 174 Å². The summed E-state index contributed by atoms with van der Waals surface area (Å²) in [6.07, 6.45) is 13.1. The molecule has 4 atom stereocenters. The Labute approximate surface area is 624 Å². The van der Waals surface area contributed by atoms with E-state index in [4.69, 9.17) is 64.2 Å². The number of benzene rings is 4. The van der Waals surface area contributed by atoms with Gasteiger partial charge in [-0.05, 0) is 193 Å². The monoisotopic (exact) mass is 1480 g/mol. The second-order valence-corrected chi connectivity index (χ2v) is 29.1. The number of ether oxygens (including phenoxy) is 5. The smallest absolute Gasteiger partial charge is 0.410 e. The lowest BCUT2D eigenvalue weighted by Crippen LogP contribution is -2.47. The molecule has 0 saturated carbocycles. The number of carbonyl (C=O) groups excluding carboxylic acids is 3. The molecule has 0 spiro atoms. The van der Waals surface area contributed by atoms with Crippen molar-refractivity contribution in [2.45, 2.75) is 155 Å². The Hall–Kier alpha value is -9.60. The van der Waals surface area contributed by atoms with Crippen LogP contribution in [0.2, 0.25) is 15.5 Å². The van der Waals surface area contributed by atoms with E-state index in [0.29, 0.717) is 65.1 Å². The average molecular weight is 1490 g/mol. The maximum absolute atomic E-state index is 12.4. The van der Waals surface area contributed by atoms with Gasteiger partial charge in [-0.2, -0.15) is 0 Å². The maximum atomic E-state index is 12.4. The number of hydrogen-bond acceptors (Lipinski definition) is 23. The molecule has 104 heavy (non-hydrogen) atoms. The molecule has 3 amide bonds. The molecule has 26 nitrogen and oxygen atoms in total. The van der Waals surface area contributed by atoms with E-state index in [-0.39, 0.29) is 36.4 Å². The third-order valence-electron chi connectivity index (χ3n) is 15.4. The largest absolute Gasteiger partial charge is 0.457 e. The van der Waals surface area contributed by atoms with Gasteiger partial charge in [0.25, 0.3) is 0 Å². The van der Waals surface area contributed by atoms with Crippen molar-refractivity contribution in [2.24, 2.45) is 5.73 Å². The lowest BCUT2D eigenvalue weighted by Gasteiger charge is -2.34. The first kappa shape index (κ1) is 80.1. The number of hydrogen-bond donors (Lipinski definition) is 7. The number of aromatic nitrogens is 8. The Bertz CT molecular complexity index is 3890. The third-order valence-corrected chi connectivity index (χ3v) is 16.0. The summed E-state index contributed by atoms with van der Waals surface area (Å²) in [5, 5.41) is 21.3. The summed E-state index contributed by atoms with van der Waals surface area (Å²) in [4.78, 5) is 73.8. The van der Waals surface area contributed by atoms with Gasteiger partial charge in [0.2, 0.25) is 0 Å². The predicted molar refractivity (Wildman–Crippen MR) is 409 cm³/mol. The predicted octanol–water partition coefficient (Wildman–Crippen LogP) is 16.1. The third kappa shape index (κ3) is 30.4. The molecule has 4 aromatic heterocycles. The quantitative estimate of drug-likeness (QED) is 0.0393. The van der Waals surface area contributed by atoms with Crippen molar-refractivity contribution in [2.75, 3.05) is 78.9 Å². The zero-order valence-corrected chi connectivity index (χ0v) is 62.8. The Kier molecular flexibility index (Phi) is 30.7.